The third-order valence-electron chi connectivity index (χ3n) is 1.99. The van der Waals surface area contributed by atoms with E-state index in [1.165, 1.54) is 6.92 Å². The normalized spacial score (nSPS) is 11.5. The summed E-state index contributed by atoms with van der Waals surface area (Å²) in [5.41, 5.74) is -1.37. The van der Waals surface area contributed by atoms with Gasteiger partial charge < -0.3 is 9.47 Å². The zero-order valence-corrected chi connectivity index (χ0v) is 9.63. The van der Waals surface area contributed by atoms with Gasteiger partial charge in [-0.3, -0.25) is 0 Å². The van der Waals surface area contributed by atoms with E-state index in [1.54, 1.807) is 0 Å². The summed E-state index contributed by atoms with van der Waals surface area (Å²) >= 11 is 0. The molecule has 0 bridgehead atoms. The summed E-state index contributed by atoms with van der Waals surface area (Å²) in [7, 11) is 0. The summed E-state index contributed by atoms with van der Waals surface area (Å²) in [4.78, 5) is 11.3. The van der Waals surface area contributed by atoms with Gasteiger partial charge in [0, 0.05) is 5.56 Å². The topological polar surface area (TPSA) is 35.5 Å². The largest absolute Gasteiger partial charge is 0.573 e. The van der Waals surface area contributed by atoms with Crippen LogP contribution in [0.4, 0.5) is 22.0 Å². The predicted molar refractivity (Wildman–Crippen MR) is 54.0 cm³/mol. The minimum absolute atomic E-state index is 0.0394. The molecule has 0 fully saturated rings. The number of hydrogen-bond acceptors (Lipinski definition) is 3. The van der Waals surface area contributed by atoms with Gasteiger partial charge in [0.25, 0.3) is 6.43 Å². The smallest absolute Gasteiger partial charge is 0.462 e. The van der Waals surface area contributed by atoms with Gasteiger partial charge in [-0.2, -0.15) is 0 Å². The zero-order chi connectivity index (χ0) is 14.6. The molecule has 0 aliphatic rings. The number of ether oxygens (including phenoxy) is 2. The lowest BCUT2D eigenvalue weighted by Crippen LogP contribution is -2.17. The minimum Gasteiger partial charge on any atom is -0.462 e. The summed E-state index contributed by atoms with van der Waals surface area (Å²) in [6.45, 7) is 1.43. The Bertz CT molecular complexity index is 456. The Balaban J connectivity index is 3.11. The maximum Gasteiger partial charge on any atom is 0.573 e. The number of hydrogen-bond donors (Lipinski definition) is 0. The fraction of sp³-hybridized carbons (Fsp3) is 0.364. The Labute approximate surface area is 104 Å². The molecule has 106 valence electrons. The molecule has 1 aromatic carbocycles. The molecule has 0 N–H and O–H groups in total. The quantitative estimate of drug-likeness (QED) is 0.624. The molecule has 0 heterocycles. The lowest BCUT2D eigenvalue weighted by molar-refractivity contribution is -0.274. The van der Waals surface area contributed by atoms with Gasteiger partial charge in [0.15, 0.2) is 0 Å². The van der Waals surface area contributed by atoms with Gasteiger partial charge in [0.1, 0.15) is 5.75 Å². The molecule has 0 saturated heterocycles. The van der Waals surface area contributed by atoms with Crippen molar-refractivity contribution in [3.05, 3.63) is 29.3 Å². The summed E-state index contributed by atoms with van der Waals surface area (Å²) < 4.78 is 69.3. The Kier molecular flexibility index (Phi) is 4.68. The zero-order valence-electron chi connectivity index (χ0n) is 9.63. The highest BCUT2D eigenvalue weighted by atomic mass is 19.4. The molecule has 3 nitrogen and oxygen atoms in total. The second-order valence-corrected chi connectivity index (χ2v) is 3.32. The van der Waals surface area contributed by atoms with Crippen LogP contribution in [0.3, 0.4) is 0 Å². The molecule has 0 radical (unpaired) electrons. The monoisotopic (exact) mass is 284 g/mol. The van der Waals surface area contributed by atoms with Crippen molar-refractivity contribution in [1.29, 1.82) is 0 Å². The molecule has 0 aliphatic heterocycles. The van der Waals surface area contributed by atoms with E-state index in [1.807, 2.05) is 0 Å². The minimum atomic E-state index is -5.00. The van der Waals surface area contributed by atoms with Gasteiger partial charge in [-0.05, 0) is 25.1 Å². The summed E-state index contributed by atoms with van der Waals surface area (Å²) in [5, 5.41) is 0. The molecule has 0 atom stereocenters. The highest BCUT2D eigenvalue weighted by Gasteiger charge is 2.32. The molecular formula is C11H9F5O3. The number of carbonyl (C=O) groups is 1. The van der Waals surface area contributed by atoms with Crippen LogP contribution in [0.15, 0.2) is 18.2 Å². The first-order valence-electron chi connectivity index (χ1n) is 5.09. The second kappa shape index (κ2) is 5.85. The number of esters is 1. The van der Waals surface area contributed by atoms with Crippen molar-refractivity contribution in [3.8, 4) is 5.75 Å². The third kappa shape index (κ3) is 4.38. The van der Waals surface area contributed by atoms with Crippen molar-refractivity contribution < 1.29 is 36.2 Å². The van der Waals surface area contributed by atoms with Gasteiger partial charge in [0.05, 0.1) is 12.2 Å². The average molecular weight is 284 g/mol. The van der Waals surface area contributed by atoms with E-state index in [0.717, 1.165) is 12.1 Å². The first-order valence-corrected chi connectivity index (χ1v) is 5.09. The SMILES string of the molecule is CCOC(=O)c1ccc(OC(F)(F)F)cc1C(F)F. The van der Waals surface area contributed by atoms with Crippen molar-refractivity contribution in [2.45, 2.75) is 19.7 Å². The van der Waals surface area contributed by atoms with Crippen LogP contribution >= 0.6 is 0 Å². The predicted octanol–water partition coefficient (Wildman–Crippen LogP) is 3.70. The number of benzene rings is 1. The lowest BCUT2D eigenvalue weighted by Gasteiger charge is -2.12. The molecule has 0 spiro atoms. The van der Waals surface area contributed by atoms with Gasteiger partial charge in [-0.1, -0.05) is 0 Å². The number of rotatable bonds is 4. The molecule has 0 aromatic heterocycles. The van der Waals surface area contributed by atoms with Crippen molar-refractivity contribution >= 4 is 5.97 Å². The van der Waals surface area contributed by atoms with Crippen molar-refractivity contribution in [1.82, 2.24) is 0 Å². The Morgan fingerprint density at radius 2 is 1.95 bits per heavy atom. The Morgan fingerprint density at radius 1 is 1.32 bits per heavy atom. The van der Waals surface area contributed by atoms with E-state index >= 15 is 0 Å². The molecule has 1 rings (SSSR count). The van der Waals surface area contributed by atoms with E-state index in [-0.39, 0.29) is 6.61 Å². The lowest BCUT2D eigenvalue weighted by atomic mass is 10.1. The summed E-state index contributed by atoms with van der Waals surface area (Å²) in [6.07, 6.45) is -8.12. The molecule has 0 amide bonds. The average Bonchev–Trinajstić information content (AvgIpc) is 2.26. The van der Waals surface area contributed by atoms with Crippen molar-refractivity contribution in [2.24, 2.45) is 0 Å². The van der Waals surface area contributed by atoms with Crippen LogP contribution in [0, 0.1) is 0 Å². The first kappa shape index (κ1) is 15.2. The van der Waals surface area contributed by atoms with Crippen molar-refractivity contribution in [3.63, 3.8) is 0 Å². The van der Waals surface area contributed by atoms with Crippen LogP contribution in [-0.4, -0.2) is 18.9 Å². The number of alkyl halides is 5. The summed E-state index contributed by atoms with van der Waals surface area (Å²) in [6, 6.07) is 2.04. The molecule has 0 unspecified atom stereocenters. The fourth-order valence-corrected chi connectivity index (χ4v) is 1.31. The van der Waals surface area contributed by atoms with E-state index in [0.29, 0.717) is 6.07 Å². The first-order chi connectivity index (χ1) is 8.74. The van der Waals surface area contributed by atoms with E-state index in [9.17, 15) is 26.7 Å². The Morgan fingerprint density at radius 3 is 2.42 bits per heavy atom. The number of carbonyl (C=O) groups excluding carboxylic acids is 1. The highest BCUT2D eigenvalue weighted by molar-refractivity contribution is 5.91. The van der Waals surface area contributed by atoms with Gasteiger partial charge in [-0.25, -0.2) is 13.6 Å². The molecule has 8 heteroatoms. The van der Waals surface area contributed by atoms with Gasteiger partial charge in [-0.15, -0.1) is 13.2 Å². The van der Waals surface area contributed by atoms with Crippen LogP contribution in [-0.2, 0) is 4.74 Å². The van der Waals surface area contributed by atoms with E-state index in [2.05, 4.69) is 9.47 Å². The molecule has 19 heavy (non-hydrogen) atoms. The van der Waals surface area contributed by atoms with Gasteiger partial charge >= 0.3 is 12.3 Å². The molecule has 0 aliphatic carbocycles. The summed E-state index contributed by atoms with van der Waals surface area (Å²) in [5.74, 6) is -1.85. The van der Waals surface area contributed by atoms with Crippen molar-refractivity contribution in [2.75, 3.05) is 6.61 Å². The van der Waals surface area contributed by atoms with Crippen LogP contribution in [0.5, 0.6) is 5.75 Å². The maximum atomic E-state index is 12.7. The van der Waals surface area contributed by atoms with E-state index < -0.39 is 35.6 Å². The molecule has 1 aromatic rings. The highest BCUT2D eigenvalue weighted by Crippen LogP contribution is 2.30. The Hall–Kier alpha value is -1.86. The van der Waals surface area contributed by atoms with Gasteiger partial charge in [0.2, 0.25) is 0 Å². The molecular weight excluding hydrogens is 275 g/mol. The van der Waals surface area contributed by atoms with Crippen LogP contribution < -0.4 is 4.74 Å². The molecule has 0 saturated carbocycles. The third-order valence-corrected chi connectivity index (χ3v) is 1.99. The van der Waals surface area contributed by atoms with Crippen LogP contribution in [0.25, 0.3) is 0 Å². The number of halogens is 5. The second-order valence-electron chi connectivity index (χ2n) is 3.32. The fourth-order valence-electron chi connectivity index (χ4n) is 1.31. The van der Waals surface area contributed by atoms with Crippen LogP contribution in [0.1, 0.15) is 29.3 Å². The van der Waals surface area contributed by atoms with E-state index in [4.69, 9.17) is 0 Å². The maximum absolute atomic E-state index is 12.7. The van der Waals surface area contributed by atoms with Crippen LogP contribution in [0.2, 0.25) is 0 Å². The standard InChI is InChI=1S/C11H9F5O3/c1-2-18-10(17)7-4-3-6(19-11(14,15)16)5-8(7)9(12)13/h3-5,9H,2H2,1H3.